The normalized spacial score (nSPS) is 16.0. The van der Waals surface area contributed by atoms with Crippen molar-refractivity contribution in [3.63, 3.8) is 0 Å². The van der Waals surface area contributed by atoms with Gasteiger partial charge in [0.05, 0.1) is 24.1 Å². The van der Waals surface area contributed by atoms with Crippen molar-refractivity contribution in [3.8, 4) is 0 Å². The zero-order chi connectivity index (χ0) is 31.4. The number of nitrogens with zero attached hydrogens (tertiary/aromatic N) is 1. The second-order valence-electron chi connectivity index (χ2n) is 10.3. The van der Waals surface area contributed by atoms with Crippen molar-refractivity contribution in [1.82, 2.24) is 20.9 Å². The number of unbranched alkanes of at least 4 members (excludes halogenated alkanes) is 1. The molecule has 1 heterocycles. The summed E-state index contributed by atoms with van der Waals surface area (Å²) in [6.07, 6.45) is 1.55. The lowest BCUT2D eigenvalue weighted by Crippen LogP contribution is -2.57. The minimum atomic E-state index is -1.10. The highest BCUT2D eigenvalue weighted by molar-refractivity contribution is 6.36. The number of ether oxygens (including phenoxy) is 1. The molecule has 0 spiro atoms. The lowest BCUT2D eigenvalue weighted by Gasteiger charge is -2.30. The smallest absolute Gasteiger partial charge is 0.326 e. The van der Waals surface area contributed by atoms with Crippen LogP contribution in [0, 0.1) is 5.92 Å². The van der Waals surface area contributed by atoms with E-state index >= 15 is 0 Å². The summed E-state index contributed by atoms with van der Waals surface area (Å²) in [6.45, 7) is 4.00. The summed E-state index contributed by atoms with van der Waals surface area (Å²) in [5.74, 6) is -4.09. The van der Waals surface area contributed by atoms with Gasteiger partial charge in [-0.25, -0.2) is 4.79 Å². The fraction of sp³-hybridized carbons (Fsp3) is 0.571. The number of aliphatic carboxylic acids is 1. The van der Waals surface area contributed by atoms with Gasteiger partial charge >= 0.3 is 11.9 Å². The number of carbonyl (C=O) groups is 6. The van der Waals surface area contributed by atoms with E-state index in [1.165, 1.54) is 24.1 Å². The Hall–Kier alpha value is -3.38. The molecular formula is C28H38Cl2N4O8. The minimum absolute atomic E-state index is 0.172. The van der Waals surface area contributed by atoms with Gasteiger partial charge in [0, 0.05) is 24.5 Å². The lowest BCUT2D eigenvalue weighted by atomic mass is 10.0. The predicted octanol–water partition coefficient (Wildman–Crippen LogP) is 2.55. The zero-order valence-corrected chi connectivity index (χ0v) is 25.4. The second-order valence-corrected chi connectivity index (χ2v) is 11.2. The molecule has 4 N–H and O–H groups in total. The van der Waals surface area contributed by atoms with Gasteiger partial charge in [-0.1, -0.05) is 37.0 Å². The lowest BCUT2D eigenvalue weighted by molar-refractivity contribution is -0.150. The number of benzene rings is 1. The number of nitrogens with one attached hydrogen (secondary N) is 3. The third-order valence-electron chi connectivity index (χ3n) is 6.87. The highest BCUT2D eigenvalue weighted by Gasteiger charge is 2.39. The fourth-order valence-corrected chi connectivity index (χ4v) is 5.02. The van der Waals surface area contributed by atoms with E-state index in [0.717, 1.165) is 0 Å². The molecule has 1 aliphatic heterocycles. The molecule has 0 saturated carbocycles. The van der Waals surface area contributed by atoms with Crippen LogP contribution in [0.1, 0.15) is 69.2 Å². The largest absolute Gasteiger partial charge is 0.480 e. The van der Waals surface area contributed by atoms with Crippen molar-refractivity contribution in [2.45, 2.75) is 76.9 Å². The molecule has 1 fully saturated rings. The predicted molar refractivity (Wildman–Crippen MR) is 155 cm³/mol. The van der Waals surface area contributed by atoms with Crippen LogP contribution in [0.15, 0.2) is 18.2 Å². The van der Waals surface area contributed by atoms with Crippen molar-refractivity contribution in [1.29, 1.82) is 0 Å². The van der Waals surface area contributed by atoms with Crippen LogP contribution in [-0.2, 0) is 28.7 Å². The van der Waals surface area contributed by atoms with Gasteiger partial charge in [-0.3, -0.25) is 24.0 Å². The van der Waals surface area contributed by atoms with Crippen LogP contribution in [0.4, 0.5) is 0 Å². The van der Waals surface area contributed by atoms with Crippen LogP contribution < -0.4 is 16.0 Å². The summed E-state index contributed by atoms with van der Waals surface area (Å²) in [7, 11) is 1.20. The summed E-state index contributed by atoms with van der Waals surface area (Å²) in [6, 6.07) is 1.52. The number of carboxylic acid groups (broad SMARTS) is 1. The van der Waals surface area contributed by atoms with Crippen LogP contribution in [0.25, 0.3) is 0 Å². The van der Waals surface area contributed by atoms with Crippen molar-refractivity contribution in [2.24, 2.45) is 5.92 Å². The van der Waals surface area contributed by atoms with Crippen LogP contribution in [0.5, 0.6) is 0 Å². The average Bonchev–Trinajstić information content (AvgIpc) is 3.43. The molecule has 1 aromatic rings. The van der Waals surface area contributed by atoms with Crippen LogP contribution in [0.3, 0.4) is 0 Å². The topological polar surface area (TPSA) is 171 Å². The van der Waals surface area contributed by atoms with Gasteiger partial charge in [0.1, 0.15) is 18.1 Å². The quantitative estimate of drug-likeness (QED) is 0.169. The third-order valence-corrected chi connectivity index (χ3v) is 7.42. The summed E-state index contributed by atoms with van der Waals surface area (Å²) in [5, 5.41) is 18.2. The Bertz CT molecular complexity index is 1160. The van der Waals surface area contributed by atoms with Crippen molar-refractivity contribution < 1.29 is 38.6 Å². The maximum atomic E-state index is 13.3. The van der Waals surface area contributed by atoms with Gasteiger partial charge in [0.15, 0.2) is 0 Å². The van der Waals surface area contributed by atoms with Gasteiger partial charge in [0.25, 0.3) is 5.91 Å². The van der Waals surface area contributed by atoms with Crippen molar-refractivity contribution in [2.75, 3.05) is 20.2 Å². The molecule has 12 nitrogen and oxygen atoms in total. The monoisotopic (exact) mass is 628 g/mol. The Morgan fingerprint density at radius 1 is 1.07 bits per heavy atom. The number of carbonyl (C=O) groups excluding carboxylic acids is 5. The number of esters is 1. The number of halogens is 2. The molecule has 1 aromatic carbocycles. The highest BCUT2D eigenvalue weighted by Crippen LogP contribution is 2.22. The van der Waals surface area contributed by atoms with E-state index in [4.69, 9.17) is 23.2 Å². The number of rotatable bonds is 15. The minimum Gasteiger partial charge on any atom is -0.480 e. The van der Waals surface area contributed by atoms with E-state index in [1.54, 1.807) is 19.9 Å². The maximum Gasteiger partial charge on any atom is 0.326 e. The van der Waals surface area contributed by atoms with Crippen molar-refractivity contribution >= 4 is 58.8 Å². The number of likely N-dealkylation sites (tertiary alicyclic amines) is 1. The Kier molecular flexibility index (Phi) is 14.0. The zero-order valence-electron chi connectivity index (χ0n) is 23.9. The van der Waals surface area contributed by atoms with Crippen molar-refractivity contribution in [3.05, 3.63) is 33.8 Å². The standard InChI is InChI=1S/C28H38Cl2N4O8/c1-16(2)24(27(39)34-14-6-8-21(34)28(40)41)33-26(38)20(32-22(35)11-12-23(36)42-3)7-4-5-13-31-25(37)18-10-9-17(29)15-19(18)30/h9-10,15-16,20-21,24H,4-8,11-14H2,1-3H3,(H,31,37)(H,32,35)(H,33,38)(H,40,41)/t20-,21-,24-/m0/s1. The van der Waals surface area contributed by atoms with E-state index in [9.17, 15) is 33.9 Å². The van der Waals surface area contributed by atoms with Gasteiger partial charge < -0.3 is 30.7 Å². The van der Waals surface area contributed by atoms with Crippen LogP contribution >= 0.6 is 23.2 Å². The van der Waals surface area contributed by atoms with Crippen LogP contribution in [-0.4, -0.2) is 83.9 Å². The second kappa shape index (κ2) is 16.9. The van der Waals surface area contributed by atoms with Crippen LogP contribution in [0.2, 0.25) is 10.0 Å². The van der Waals surface area contributed by atoms with Gasteiger partial charge in [0.2, 0.25) is 17.7 Å². The molecule has 0 unspecified atom stereocenters. The molecule has 0 bridgehead atoms. The van der Waals surface area contributed by atoms with E-state index < -0.39 is 47.8 Å². The Balaban J connectivity index is 2.04. The summed E-state index contributed by atoms with van der Waals surface area (Å²) >= 11 is 12.0. The summed E-state index contributed by atoms with van der Waals surface area (Å²) in [4.78, 5) is 75.9. The first-order valence-corrected chi connectivity index (χ1v) is 14.5. The Morgan fingerprint density at radius 2 is 1.79 bits per heavy atom. The summed E-state index contributed by atoms with van der Waals surface area (Å²) in [5.41, 5.74) is 0.267. The molecule has 2 rings (SSSR count). The Morgan fingerprint density at radius 3 is 2.40 bits per heavy atom. The fourth-order valence-electron chi connectivity index (χ4n) is 4.53. The molecule has 232 valence electrons. The number of hydrogen-bond donors (Lipinski definition) is 4. The molecule has 42 heavy (non-hydrogen) atoms. The molecule has 3 atom stereocenters. The summed E-state index contributed by atoms with van der Waals surface area (Å²) < 4.78 is 4.56. The van der Waals surface area contributed by atoms with E-state index in [0.29, 0.717) is 30.7 Å². The van der Waals surface area contributed by atoms with E-state index in [2.05, 4.69) is 20.7 Å². The third kappa shape index (κ3) is 10.5. The molecule has 1 saturated heterocycles. The number of carboxylic acids is 1. The molecule has 0 radical (unpaired) electrons. The molecular weight excluding hydrogens is 591 g/mol. The average molecular weight is 630 g/mol. The molecule has 0 aromatic heterocycles. The first-order chi connectivity index (χ1) is 19.8. The van der Waals surface area contributed by atoms with Gasteiger partial charge in [-0.2, -0.15) is 0 Å². The molecule has 4 amide bonds. The SMILES string of the molecule is COC(=O)CCC(=O)N[C@@H](CCCCNC(=O)c1ccc(Cl)cc1Cl)C(=O)N[C@H](C(=O)N1CCC[C@H]1C(=O)O)C(C)C. The first kappa shape index (κ1) is 34.8. The van der Waals surface area contributed by atoms with E-state index in [1.807, 2.05) is 0 Å². The van der Waals surface area contributed by atoms with Gasteiger partial charge in [-0.05, 0) is 56.2 Å². The number of methoxy groups -OCH3 is 1. The Labute approximate surface area is 254 Å². The van der Waals surface area contributed by atoms with Gasteiger partial charge in [-0.15, -0.1) is 0 Å². The first-order valence-electron chi connectivity index (χ1n) is 13.8. The van der Waals surface area contributed by atoms with E-state index in [-0.39, 0.29) is 54.8 Å². The molecule has 1 aliphatic rings. The number of hydrogen-bond acceptors (Lipinski definition) is 7. The molecule has 14 heteroatoms. The maximum absolute atomic E-state index is 13.3. The number of amides is 4. The highest BCUT2D eigenvalue weighted by atomic mass is 35.5. The molecule has 0 aliphatic carbocycles.